The van der Waals surface area contributed by atoms with Crippen molar-refractivity contribution in [1.29, 1.82) is 0 Å². The second-order valence-electron chi connectivity index (χ2n) is 4.24. The number of aromatic carboxylic acids is 1. The van der Waals surface area contributed by atoms with Crippen LogP contribution in [-0.2, 0) is 0 Å². The van der Waals surface area contributed by atoms with E-state index in [1.165, 1.54) is 11.5 Å². The number of benzene rings is 1. The Morgan fingerprint density at radius 3 is 2.79 bits per heavy atom. The summed E-state index contributed by atoms with van der Waals surface area (Å²) in [6.07, 6.45) is 0. The largest absolute Gasteiger partial charge is 0.478 e. The van der Waals surface area contributed by atoms with Crippen LogP contribution in [0.5, 0.6) is 0 Å². The van der Waals surface area contributed by atoms with Crippen LogP contribution in [0.3, 0.4) is 0 Å². The highest BCUT2D eigenvalue weighted by atomic mass is 79.9. The van der Waals surface area contributed by atoms with E-state index in [0.29, 0.717) is 15.3 Å². The van der Waals surface area contributed by atoms with Crippen molar-refractivity contribution in [2.45, 2.75) is 19.8 Å². The SMILES string of the molecule is CC(C)c1nsc(Nc2ccc(Br)c(C(=O)O)c2)n1. The van der Waals surface area contributed by atoms with Crippen LogP contribution < -0.4 is 5.32 Å². The summed E-state index contributed by atoms with van der Waals surface area (Å²) < 4.78 is 4.78. The van der Waals surface area contributed by atoms with E-state index < -0.39 is 5.97 Å². The summed E-state index contributed by atoms with van der Waals surface area (Å²) in [5, 5.41) is 12.8. The average molecular weight is 342 g/mol. The van der Waals surface area contributed by atoms with Crippen molar-refractivity contribution in [1.82, 2.24) is 9.36 Å². The standard InChI is InChI=1S/C12H12BrN3O2S/c1-6(2)10-15-12(19-16-10)14-7-3-4-9(13)8(5-7)11(17)18/h3-6H,1-2H3,(H,17,18)(H,14,15,16). The molecule has 2 rings (SSSR count). The molecule has 0 aliphatic carbocycles. The van der Waals surface area contributed by atoms with Crippen LogP contribution in [-0.4, -0.2) is 20.4 Å². The van der Waals surface area contributed by atoms with Crippen LogP contribution in [0, 0.1) is 0 Å². The minimum absolute atomic E-state index is 0.207. The Labute approximate surface area is 123 Å². The van der Waals surface area contributed by atoms with Gasteiger partial charge in [0.05, 0.1) is 5.56 Å². The highest BCUT2D eigenvalue weighted by Crippen LogP contribution is 2.25. The lowest BCUT2D eigenvalue weighted by molar-refractivity contribution is 0.0696. The predicted molar refractivity (Wildman–Crippen MR) is 78.4 cm³/mol. The van der Waals surface area contributed by atoms with Gasteiger partial charge in [-0.2, -0.15) is 4.37 Å². The number of carbonyl (C=O) groups is 1. The van der Waals surface area contributed by atoms with Crippen LogP contribution in [0.2, 0.25) is 0 Å². The van der Waals surface area contributed by atoms with E-state index in [1.807, 2.05) is 13.8 Å². The van der Waals surface area contributed by atoms with Crippen molar-refractivity contribution in [3.05, 3.63) is 34.1 Å². The molecule has 0 amide bonds. The first-order valence-electron chi connectivity index (χ1n) is 5.61. The zero-order valence-electron chi connectivity index (χ0n) is 10.3. The molecule has 7 heteroatoms. The van der Waals surface area contributed by atoms with Crippen molar-refractivity contribution >= 4 is 44.3 Å². The number of carboxylic acid groups (broad SMARTS) is 1. The van der Waals surface area contributed by atoms with Crippen molar-refractivity contribution in [2.75, 3.05) is 5.32 Å². The molecule has 0 aliphatic heterocycles. The van der Waals surface area contributed by atoms with Gasteiger partial charge in [-0.3, -0.25) is 0 Å². The molecule has 2 N–H and O–H groups in total. The van der Waals surface area contributed by atoms with Crippen LogP contribution in [0.15, 0.2) is 22.7 Å². The molecule has 1 aromatic heterocycles. The first-order chi connectivity index (χ1) is 8.97. The number of nitrogens with zero attached hydrogens (tertiary/aromatic N) is 2. The number of carboxylic acids is 1. The molecule has 0 saturated carbocycles. The number of hydrogen-bond acceptors (Lipinski definition) is 5. The summed E-state index contributed by atoms with van der Waals surface area (Å²) in [4.78, 5) is 15.4. The third-order valence-corrected chi connectivity index (χ3v) is 3.74. The van der Waals surface area contributed by atoms with Gasteiger partial charge in [-0.15, -0.1) is 0 Å². The van der Waals surface area contributed by atoms with E-state index in [2.05, 4.69) is 30.6 Å². The van der Waals surface area contributed by atoms with Gasteiger partial charge < -0.3 is 10.4 Å². The highest BCUT2D eigenvalue weighted by Gasteiger charge is 2.11. The van der Waals surface area contributed by atoms with E-state index in [1.54, 1.807) is 18.2 Å². The van der Waals surface area contributed by atoms with E-state index >= 15 is 0 Å². The van der Waals surface area contributed by atoms with Gasteiger partial charge in [-0.05, 0) is 34.1 Å². The predicted octanol–water partition coefficient (Wildman–Crippen LogP) is 3.87. The fourth-order valence-corrected chi connectivity index (χ4v) is 2.56. The molecule has 1 aromatic carbocycles. The number of anilines is 2. The summed E-state index contributed by atoms with van der Waals surface area (Å²) in [6.45, 7) is 4.04. The summed E-state index contributed by atoms with van der Waals surface area (Å²) >= 11 is 4.47. The smallest absolute Gasteiger partial charge is 0.336 e. The van der Waals surface area contributed by atoms with Crippen molar-refractivity contribution in [2.24, 2.45) is 0 Å². The Bertz CT molecular complexity index is 613. The van der Waals surface area contributed by atoms with Crippen LogP contribution in [0.4, 0.5) is 10.8 Å². The molecule has 1 heterocycles. The van der Waals surface area contributed by atoms with Gasteiger partial charge in [0.15, 0.2) is 0 Å². The van der Waals surface area contributed by atoms with Crippen LogP contribution >= 0.6 is 27.5 Å². The van der Waals surface area contributed by atoms with Gasteiger partial charge in [0.1, 0.15) is 5.82 Å². The van der Waals surface area contributed by atoms with E-state index in [0.717, 1.165) is 5.82 Å². The number of nitrogens with one attached hydrogen (secondary N) is 1. The Morgan fingerprint density at radius 1 is 1.47 bits per heavy atom. The fraction of sp³-hybridized carbons (Fsp3) is 0.250. The average Bonchev–Trinajstić information content (AvgIpc) is 2.80. The lowest BCUT2D eigenvalue weighted by Gasteiger charge is -2.05. The third-order valence-electron chi connectivity index (χ3n) is 2.41. The van der Waals surface area contributed by atoms with Crippen LogP contribution in [0.1, 0.15) is 35.9 Å². The maximum absolute atomic E-state index is 11.0. The maximum atomic E-state index is 11.0. The Kier molecular flexibility index (Phi) is 4.16. The molecule has 0 fully saturated rings. The first-order valence-corrected chi connectivity index (χ1v) is 7.17. The normalized spacial score (nSPS) is 10.7. The third kappa shape index (κ3) is 3.30. The number of halogens is 1. The van der Waals surface area contributed by atoms with Gasteiger partial charge in [-0.1, -0.05) is 13.8 Å². The minimum Gasteiger partial charge on any atom is -0.478 e. The Balaban J connectivity index is 2.23. The van der Waals surface area contributed by atoms with Crippen LogP contribution in [0.25, 0.3) is 0 Å². The van der Waals surface area contributed by atoms with Crippen molar-refractivity contribution < 1.29 is 9.90 Å². The van der Waals surface area contributed by atoms with E-state index in [4.69, 9.17) is 5.11 Å². The summed E-state index contributed by atoms with van der Waals surface area (Å²) in [7, 11) is 0. The van der Waals surface area contributed by atoms with Gasteiger partial charge in [-0.25, -0.2) is 9.78 Å². The first kappa shape index (κ1) is 14.0. The van der Waals surface area contributed by atoms with Gasteiger partial charge >= 0.3 is 5.97 Å². The molecule has 19 heavy (non-hydrogen) atoms. The second-order valence-corrected chi connectivity index (χ2v) is 5.84. The quantitative estimate of drug-likeness (QED) is 0.882. The highest BCUT2D eigenvalue weighted by molar-refractivity contribution is 9.10. The van der Waals surface area contributed by atoms with Gasteiger partial charge in [0.2, 0.25) is 5.13 Å². The monoisotopic (exact) mass is 341 g/mol. The lowest BCUT2D eigenvalue weighted by atomic mass is 10.2. The Morgan fingerprint density at radius 2 is 2.21 bits per heavy atom. The molecular weight excluding hydrogens is 330 g/mol. The lowest BCUT2D eigenvalue weighted by Crippen LogP contribution is -1.99. The number of aromatic nitrogens is 2. The zero-order chi connectivity index (χ0) is 14.0. The summed E-state index contributed by atoms with van der Waals surface area (Å²) in [6, 6.07) is 5.03. The number of rotatable bonds is 4. The Hall–Kier alpha value is -1.47. The van der Waals surface area contributed by atoms with E-state index in [-0.39, 0.29) is 11.5 Å². The molecule has 5 nitrogen and oxygen atoms in total. The fourth-order valence-electron chi connectivity index (χ4n) is 1.41. The summed E-state index contributed by atoms with van der Waals surface area (Å²) in [5.74, 6) is 0.0741. The van der Waals surface area contributed by atoms with Gasteiger partial charge in [0.25, 0.3) is 0 Å². The molecule has 0 radical (unpaired) electrons. The molecule has 0 aliphatic rings. The zero-order valence-corrected chi connectivity index (χ0v) is 12.7. The van der Waals surface area contributed by atoms with Crippen molar-refractivity contribution in [3.63, 3.8) is 0 Å². The van der Waals surface area contributed by atoms with Crippen molar-refractivity contribution in [3.8, 4) is 0 Å². The van der Waals surface area contributed by atoms with Gasteiger partial charge in [0, 0.05) is 27.6 Å². The molecular formula is C12H12BrN3O2S. The number of hydrogen-bond donors (Lipinski definition) is 2. The molecule has 0 atom stereocenters. The molecule has 0 bridgehead atoms. The summed E-state index contributed by atoms with van der Waals surface area (Å²) in [5.41, 5.74) is 0.880. The van der Waals surface area contributed by atoms with E-state index in [9.17, 15) is 4.79 Å². The minimum atomic E-state index is -0.976. The second kappa shape index (κ2) is 5.66. The molecule has 2 aromatic rings. The maximum Gasteiger partial charge on any atom is 0.336 e. The molecule has 0 spiro atoms. The molecule has 0 saturated heterocycles. The topological polar surface area (TPSA) is 75.1 Å². The molecule has 100 valence electrons. The molecule has 0 unspecified atom stereocenters.